The number of allylic oxidation sites excluding steroid dienone is 1. The van der Waals surface area contributed by atoms with E-state index >= 15 is 0 Å². The third-order valence-electron chi connectivity index (χ3n) is 7.59. The molecule has 0 saturated heterocycles. The third kappa shape index (κ3) is 12.5. The average molecular weight is 526 g/mol. The minimum atomic E-state index is -1.36. The number of nitrogens with zero attached hydrogens (tertiary/aromatic N) is 1. The van der Waals surface area contributed by atoms with Gasteiger partial charge in [-0.2, -0.15) is 0 Å². The lowest BCUT2D eigenvalue weighted by Crippen LogP contribution is -2.74. The second-order valence-electron chi connectivity index (χ2n) is 10.5. The van der Waals surface area contributed by atoms with E-state index in [-0.39, 0.29) is 25.8 Å². The maximum atomic E-state index is 12.5. The number of unbranched alkanes of at least 4 members (excludes halogenated alkanes) is 9. The van der Waals surface area contributed by atoms with E-state index in [2.05, 4.69) is 13.0 Å². The molecule has 3 atom stereocenters. The van der Waals surface area contributed by atoms with Gasteiger partial charge in [-0.3, -0.25) is 4.48 Å². The summed E-state index contributed by atoms with van der Waals surface area (Å²) in [5, 5.41) is 32.8. The number of quaternary nitrogens is 1. The van der Waals surface area contributed by atoms with Crippen LogP contribution in [0, 0.1) is 0 Å². The van der Waals surface area contributed by atoms with Gasteiger partial charge in [-0.05, 0) is 25.7 Å². The minimum Gasteiger partial charge on any atom is -0.544 e. The summed E-state index contributed by atoms with van der Waals surface area (Å²) < 4.78 is -0.481. The molecule has 0 aromatic rings. The predicted molar refractivity (Wildman–Crippen MR) is 147 cm³/mol. The quantitative estimate of drug-likeness (QED) is 0.0846. The Hall–Kier alpha value is -1.89. The van der Waals surface area contributed by atoms with Gasteiger partial charge in [0, 0.05) is 25.7 Å². The number of hydrogen-bond donors (Lipinski definition) is 2. The van der Waals surface area contributed by atoms with E-state index in [1.165, 1.54) is 51.4 Å². The van der Waals surface area contributed by atoms with Gasteiger partial charge in [0.1, 0.15) is 6.04 Å². The summed E-state index contributed by atoms with van der Waals surface area (Å²) >= 11 is 0. The van der Waals surface area contributed by atoms with Gasteiger partial charge < -0.3 is 20.1 Å². The van der Waals surface area contributed by atoms with E-state index in [0.717, 1.165) is 12.8 Å². The summed E-state index contributed by atoms with van der Waals surface area (Å²) in [4.78, 5) is 37.4. The maximum Gasteiger partial charge on any atom is 0.362 e. The normalized spacial score (nSPS) is 15.8. The highest BCUT2D eigenvalue weighted by atomic mass is 16.4. The standard InChI is InChI=1S/C30H55NO6/c1-5-9-10-11-12-13-14-15-16-17-18-19-20-24-31(25(21-6-2)28(32)33,26(22-7-3)29(34)35)27(23-8-4)30(36)37/h18-19,25-27H,5-17,20-24H2,1-4H3,(H2-,32,33,34,35,36,37)/b19-18+. The first-order valence-corrected chi connectivity index (χ1v) is 14.9. The maximum absolute atomic E-state index is 12.5. The van der Waals surface area contributed by atoms with Crippen molar-refractivity contribution in [3.05, 3.63) is 12.2 Å². The highest BCUT2D eigenvalue weighted by Crippen LogP contribution is 2.33. The number of rotatable bonds is 25. The van der Waals surface area contributed by atoms with Crippen LogP contribution in [0.25, 0.3) is 0 Å². The molecule has 0 bridgehead atoms. The number of carbonyl (C=O) groups is 3. The molecule has 0 spiro atoms. The second-order valence-corrected chi connectivity index (χ2v) is 10.5. The lowest BCUT2D eigenvalue weighted by atomic mass is 9.91. The van der Waals surface area contributed by atoms with Crippen LogP contribution in [0.15, 0.2) is 12.2 Å². The Morgan fingerprint density at radius 1 is 0.622 bits per heavy atom. The first-order valence-electron chi connectivity index (χ1n) is 14.9. The Morgan fingerprint density at radius 3 is 1.43 bits per heavy atom. The van der Waals surface area contributed by atoms with Crippen molar-refractivity contribution in [3.8, 4) is 0 Å². The molecule has 7 heteroatoms. The van der Waals surface area contributed by atoms with Crippen LogP contribution < -0.4 is 5.11 Å². The van der Waals surface area contributed by atoms with Crippen molar-refractivity contribution >= 4 is 17.9 Å². The van der Waals surface area contributed by atoms with Crippen molar-refractivity contribution in [2.45, 2.75) is 155 Å². The van der Waals surface area contributed by atoms with Crippen LogP contribution in [-0.4, -0.2) is 57.3 Å². The SMILES string of the molecule is CCCCCCCCCCC/C=C/CC[N+](C(CCC)C(=O)[O-])(C(CCC)C(=O)O)C(CCC)C(=O)O. The number of carboxylic acids is 3. The molecule has 0 aliphatic carbocycles. The molecule has 0 aromatic carbocycles. The van der Waals surface area contributed by atoms with Gasteiger partial charge >= 0.3 is 11.9 Å². The summed E-state index contributed by atoms with van der Waals surface area (Å²) in [6.07, 6.45) is 18.9. The molecule has 0 rings (SSSR count). The van der Waals surface area contributed by atoms with E-state index in [0.29, 0.717) is 25.7 Å². The van der Waals surface area contributed by atoms with Gasteiger partial charge in [0.15, 0.2) is 12.1 Å². The summed E-state index contributed by atoms with van der Waals surface area (Å²) in [5.41, 5.74) is 0. The number of carbonyl (C=O) groups excluding carboxylic acids is 1. The lowest BCUT2D eigenvalue weighted by molar-refractivity contribution is -0.974. The second kappa shape index (κ2) is 21.1. The van der Waals surface area contributed by atoms with Gasteiger partial charge in [0.25, 0.3) is 0 Å². The topological polar surface area (TPSA) is 115 Å². The molecule has 0 aromatic heterocycles. The van der Waals surface area contributed by atoms with E-state index in [1.54, 1.807) is 0 Å². The van der Waals surface area contributed by atoms with Crippen LogP contribution in [0.3, 0.4) is 0 Å². The molecule has 7 nitrogen and oxygen atoms in total. The van der Waals surface area contributed by atoms with E-state index in [9.17, 15) is 29.7 Å². The fourth-order valence-electron chi connectivity index (χ4n) is 5.74. The molecule has 37 heavy (non-hydrogen) atoms. The zero-order valence-electron chi connectivity index (χ0n) is 24.1. The van der Waals surface area contributed by atoms with Crippen molar-refractivity contribution in [1.82, 2.24) is 0 Å². The monoisotopic (exact) mass is 525 g/mol. The summed E-state index contributed by atoms with van der Waals surface area (Å²) in [6.45, 7) is 7.91. The third-order valence-corrected chi connectivity index (χ3v) is 7.59. The van der Waals surface area contributed by atoms with Crippen molar-refractivity contribution in [1.29, 1.82) is 0 Å². The summed E-state index contributed by atoms with van der Waals surface area (Å²) in [5.74, 6) is -3.62. The Morgan fingerprint density at radius 2 is 1.03 bits per heavy atom. The zero-order valence-corrected chi connectivity index (χ0v) is 24.1. The van der Waals surface area contributed by atoms with Crippen LogP contribution >= 0.6 is 0 Å². The van der Waals surface area contributed by atoms with Crippen LogP contribution in [0.5, 0.6) is 0 Å². The Balaban J connectivity index is 5.57. The van der Waals surface area contributed by atoms with Crippen LogP contribution in [-0.2, 0) is 14.4 Å². The first kappa shape index (κ1) is 35.1. The molecule has 0 fully saturated rings. The predicted octanol–water partition coefficient (Wildman–Crippen LogP) is 6.10. The van der Waals surface area contributed by atoms with Crippen molar-refractivity contribution in [2.75, 3.05) is 6.54 Å². The summed E-state index contributed by atoms with van der Waals surface area (Å²) in [7, 11) is 0. The van der Waals surface area contributed by atoms with Gasteiger partial charge in [-0.25, -0.2) is 9.59 Å². The molecular weight excluding hydrogens is 470 g/mol. The molecular formula is C30H55NO6. The summed E-state index contributed by atoms with van der Waals surface area (Å²) in [6, 6.07) is -3.41. The van der Waals surface area contributed by atoms with Crippen LogP contribution in [0.2, 0.25) is 0 Å². The lowest BCUT2D eigenvalue weighted by Gasteiger charge is -2.52. The van der Waals surface area contributed by atoms with Crippen molar-refractivity contribution in [2.24, 2.45) is 0 Å². The molecule has 0 amide bonds. The van der Waals surface area contributed by atoms with Gasteiger partial charge in [-0.15, -0.1) is 0 Å². The molecule has 216 valence electrons. The first-order chi connectivity index (χ1) is 17.7. The van der Waals surface area contributed by atoms with Gasteiger partial charge in [-0.1, -0.05) is 97.6 Å². The highest BCUT2D eigenvalue weighted by Gasteiger charge is 2.54. The zero-order chi connectivity index (χ0) is 28.1. The van der Waals surface area contributed by atoms with Gasteiger partial charge in [0.05, 0.1) is 12.5 Å². The van der Waals surface area contributed by atoms with Crippen LogP contribution in [0.4, 0.5) is 0 Å². The van der Waals surface area contributed by atoms with E-state index in [1.807, 2.05) is 26.8 Å². The van der Waals surface area contributed by atoms with Crippen molar-refractivity contribution in [3.63, 3.8) is 0 Å². The Kier molecular flexibility index (Phi) is 20.0. The Bertz CT molecular complexity index is 603. The largest absolute Gasteiger partial charge is 0.544 e. The van der Waals surface area contributed by atoms with Crippen molar-refractivity contribution < 1.29 is 34.2 Å². The highest BCUT2D eigenvalue weighted by molar-refractivity contribution is 5.77. The fourth-order valence-corrected chi connectivity index (χ4v) is 5.74. The smallest absolute Gasteiger partial charge is 0.362 e. The number of carboxylic acid groups (broad SMARTS) is 3. The molecule has 0 aliphatic rings. The Labute approximate surface area is 225 Å². The molecule has 2 N–H and O–H groups in total. The minimum absolute atomic E-state index is 0.154. The molecule has 0 aliphatic heterocycles. The molecule has 0 heterocycles. The van der Waals surface area contributed by atoms with Gasteiger partial charge in [0.2, 0.25) is 0 Å². The van der Waals surface area contributed by atoms with E-state index < -0.39 is 40.5 Å². The van der Waals surface area contributed by atoms with E-state index in [4.69, 9.17) is 0 Å². The number of aliphatic carboxylic acids is 3. The fraction of sp³-hybridized carbons (Fsp3) is 0.833. The average Bonchev–Trinajstić information content (AvgIpc) is 2.85. The molecule has 0 saturated carbocycles. The molecule has 3 unspecified atom stereocenters. The van der Waals surface area contributed by atoms with Crippen LogP contribution in [0.1, 0.15) is 137 Å². The molecule has 0 radical (unpaired) electrons. The number of hydrogen-bond acceptors (Lipinski definition) is 4.